The van der Waals surface area contributed by atoms with Crippen molar-refractivity contribution >= 4 is 34.8 Å². The largest absolute Gasteiger partial charge is 0.368 e. The molecule has 0 aliphatic carbocycles. The van der Waals surface area contributed by atoms with Gasteiger partial charge in [0.2, 0.25) is 11.9 Å². The molecule has 0 atom stereocenters. The van der Waals surface area contributed by atoms with Gasteiger partial charge >= 0.3 is 0 Å². The number of nitrogens with two attached hydrogens (primary N) is 1. The highest BCUT2D eigenvalue weighted by Gasteiger charge is 2.07. The van der Waals surface area contributed by atoms with Crippen molar-refractivity contribution in [2.75, 3.05) is 11.1 Å². The molecule has 0 aliphatic rings. The summed E-state index contributed by atoms with van der Waals surface area (Å²) in [5.41, 5.74) is 5.66. The lowest BCUT2D eigenvalue weighted by molar-refractivity contribution is 0.797. The molecule has 20 heavy (non-hydrogen) atoms. The van der Waals surface area contributed by atoms with Crippen LogP contribution in [0.4, 0.5) is 11.9 Å². The molecule has 0 radical (unpaired) electrons. The van der Waals surface area contributed by atoms with Crippen molar-refractivity contribution in [3.63, 3.8) is 0 Å². The Morgan fingerprint density at radius 3 is 2.90 bits per heavy atom. The van der Waals surface area contributed by atoms with Crippen molar-refractivity contribution in [1.82, 2.24) is 29.7 Å². The van der Waals surface area contributed by atoms with Gasteiger partial charge in [0.05, 0.1) is 10.9 Å². The first-order valence-electron chi connectivity index (χ1n) is 5.55. The van der Waals surface area contributed by atoms with Crippen molar-refractivity contribution < 1.29 is 0 Å². The molecule has 0 aliphatic heterocycles. The van der Waals surface area contributed by atoms with Gasteiger partial charge in [-0.3, -0.25) is 0 Å². The van der Waals surface area contributed by atoms with Gasteiger partial charge in [-0.05, 0) is 12.1 Å². The number of nitrogens with one attached hydrogen (secondary N) is 1. The van der Waals surface area contributed by atoms with Gasteiger partial charge in [0.25, 0.3) is 5.95 Å². The molecule has 0 aromatic carbocycles. The molecule has 102 valence electrons. The van der Waals surface area contributed by atoms with E-state index < -0.39 is 0 Å². The number of hydrogen-bond acceptors (Lipinski definition) is 8. The quantitative estimate of drug-likeness (QED) is 0.749. The minimum atomic E-state index is 0.109. The Hall–Kier alpha value is -2.26. The lowest BCUT2D eigenvalue weighted by Gasteiger charge is -2.05. The highest BCUT2D eigenvalue weighted by molar-refractivity contribution is 7.16. The monoisotopic (exact) mass is 308 g/mol. The van der Waals surface area contributed by atoms with Crippen LogP contribution in [0.2, 0.25) is 4.34 Å². The lowest BCUT2D eigenvalue weighted by atomic mass is 10.5. The Balaban J connectivity index is 1.79. The first-order valence-corrected chi connectivity index (χ1v) is 6.75. The van der Waals surface area contributed by atoms with Crippen LogP contribution in [0.25, 0.3) is 5.95 Å². The van der Waals surface area contributed by atoms with E-state index in [2.05, 4.69) is 30.4 Å². The molecular weight excluding hydrogens is 300 g/mol. The average molecular weight is 309 g/mol. The molecule has 0 fully saturated rings. The van der Waals surface area contributed by atoms with E-state index >= 15 is 0 Å². The SMILES string of the molecule is Nc1nc(NCc2ccc(Cl)s2)nc(-n2cncn2)n1. The maximum Gasteiger partial charge on any atom is 0.258 e. The smallest absolute Gasteiger partial charge is 0.258 e. The zero-order valence-electron chi connectivity index (χ0n) is 10.1. The summed E-state index contributed by atoms with van der Waals surface area (Å²) in [5, 5.41) is 7.01. The van der Waals surface area contributed by atoms with Crippen LogP contribution in [0.15, 0.2) is 24.8 Å². The van der Waals surface area contributed by atoms with Gasteiger partial charge in [0.1, 0.15) is 12.7 Å². The van der Waals surface area contributed by atoms with Gasteiger partial charge < -0.3 is 11.1 Å². The number of halogens is 1. The maximum atomic E-state index is 5.87. The van der Waals surface area contributed by atoms with Crippen LogP contribution in [0.5, 0.6) is 0 Å². The molecule has 0 saturated heterocycles. The number of rotatable bonds is 4. The first kappa shape index (κ1) is 12.8. The number of nitrogens with zero attached hydrogens (tertiary/aromatic N) is 6. The van der Waals surface area contributed by atoms with E-state index in [0.29, 0.717) is 18.4 Å². The number of anilines is 2. The number of aromatic nitrogens is 6. The van der Waals surface area contributed by atoms with E-state index in [4.69, 9.17) is 17.3 Å². The van der Waals surface area contributed by atoms with E-state index in [0.717, 1.165) is 9.21 Å². The maximum absolute atomic E-state index is 5.87. The second-order valence-corrected chi connectivity index (χ2v) is 5.52. The third kappa shape index (κ3) is 2.83. The molecule has 3 rings (SSSR count). The number of hydrogen-bond donors (Lipinski definition) is 2. The molecule has 3 aromatic heterocycles. The standard InChI is InChI=1S/C10H9ClN8S/c11-7-2-1-6(20-7)3-14-9-16-8(12)17-10(18-9)19-5-13-4-15-19/h1-2,4-5H,3H2,(H3,12,14,16,17,18). The Labute approximate surface area is 122 Å². The predicted octanol–water partition coefficient (Wildman–Crippen LogP) is 1.36. The molecule has 0 unspecified atom stereocenters. The van der Waals surface area contributed by atoms with Crippen molar-refractivity contribution in [1.29, 1.82) is 0 Å². The molecule has 3 aromatic rings. The lowest BCUT2D eigenvalue weighted by Crippen LogP contribution is -2.11. The van der Waals surface area contributed by atoms with Gasteiger partial charge in [-0.15, -0.1) is 11.3 Å². The van der Waals surface area contributed by atoms with Crippen molar-refractivity contribution in [2.24, 2.45) is 0 Å². The third-order valence-corrected chi connectivity index (χ3v) is 3.55. The second kappa shape index (κ2) is 5.39. The Kier molecular flexibility index (Phi) is 3.44. The van der Waals surface area contributed by atoms with E-state index in [-0.39, 0.29) is 5.95 Å². The van der Waals surface area contributed by atoms with E-state index in [1.807, 2.05) is 12.1 Å². The summed E-state index contributed by atoms with van der Waals surface area (Å²) in [6.45, 7) is 0.553. The molecule has 0 bridgehead atoms. The predicted molar refractivity (Wildman–Crippen MR) is 75.8 cm³/mol. The third-order valence-electron chi connectivity index (χ3n) is 2.31. The highest BCUT2D eigenvalue weighted by Crippen LogP contribution is 2.21. The summed E-state index contributed by atoms with van der Waals surface area (Å²) < 4.78 is 2.14. The fourth-order valence-corrected chi connectivity index (χ4v) is 2.51. The van der Waals surface area contributed by atoms with Gasteiger partial charge in [-0.2, -0.15) is 24.7 Å². The topological polar surface area (TPSA) is 107 Å². The highest BCUT2D eigenvalue weighted by atomic mass is 35.5. The summed E-state index contributed by atoms with van der Waals surface area (Å²) in [6.07, 6.45) is 2.87. The zero-order chi connectivity index (χ0) is 13.9. The van der Waals surface area contributed by atoms with Gasteiger partial charge in [-0.1, -0.05) is 11.6 Å². The van der Waals surface area contributed by atoms with Crippen LogP contribution in [0.1, 0.15) is 4.88 Å². The van der Waals surface area contributed by atoms with Crippen LogP contribution in [-0.2, 0) is 6.54 Å². The second-order valence-electron chi connectivity index (χ2n) is 3.72. The summed E-state index contributed by atoms with van der Waals surface area (Å²) in [4.78, 5) is 17.1. The van der Waals surface area contributed by atoms with E-state index in [1.165, 1.54) is 28.7 Å². The Bertz CT molecular complexity index is 710. The fourth-order valence-electron chi connectivity index (χ4n) is 1.49. The summed E-state index contributed by atoms with van der Waals surface area (Å²) >= 11 is 7.36. The van der Waals surface area contributed by atoms with Crippen molar-refractivity contribution in [3.05, 3.63) is 34.0 Å². The van der Waals surface area contributed by atoms with Crippen molar-refractivity contribution in [2.45, 2.75) is 6.54 Å². The van der Waals surface area contributed by atoms with Crippen molar-refractivity contribution in [3.8, 4) is 5.95 Å². The molecule has 0 spiro atoms. The van der Waals surface area contributed by atoms with Crippen LogP contribution in [-0.4, -0.2) is 29.7 Å². The van der Waals surface area contributed by atoms with Gasteiger partial charge in [0, 0.05) is 4.88 Å². The Morgan fingerprint density at radius 2 is 2.20 bits per heavy atom. The fraction of sp³-hybridized carbons (Fsp3) is 0.100. The first-order chi connectivity index (χ1) is 9.70. The average Bonchev–Trinajstić information content (AvgIpc) is 3.07. The molecule has 10 heteroatoms. The molecular formula is C10H9ClN8S. The van der Waals surface area contributed by atoms with Crippen LogP contribution >= 0.6 is 22.9 Å². The van der Waals surface area contributed by atoms with Crippen LogP contribution < -0.4 is 11.1 Å². The van der Waals surface area contributed by atoms with E-state index in [9.17, 15) is 0 Å². The van der Waals surface area contributed by atoms with Gasteiger partial charge in [0.15, 0.2) is 0 Å². The normalized spacial score (nSPS) is 10.7. The summed E-state index contributed by atoms with van der Waals surface area (Å²) in [5.74, 6) is 0.784. The molecule has 0 saturated carbocycles. The summed E-state index contributed by atoms with van der Waals surface area (Å²) in [6, 6.07) is 3.77. The zero-order valence-corrected chi connectivity index (χ0v) is 11.6. The molecule has 0 amide bonds. The minimum Gasteiger partial charge on any atom is -0.368 e. The van der Waals surface area contributed by atoms with Crippen LogP contribution in [0.3, 0.4) is 0 Å². The minimum absolute atomic E-state index is 0.109. The molecule has 8 nitrogen and oxygen atoms in total. The van der Waals surface area contributed by atoms with Gasteiger partial charge in [-0.25, -0.2) is 4.98 Å². The summed E-state index contributed by atoms with van der Waals surface area (Å²) in [7, 11) is 0. The Morgan fingerprint density at radius 1 is 1.30 bits per heavy atom. The number of thiophene rings is 1. The number of nitrogen functional groups attached to an aromatic ring is 1. The molecule has 3 heterocycles. The van der Waals surface area contributed by atoms with E-state index in [1.54, 1.807) is 0 Å². The van der Waals surface area contributed by atoms with Crippen LogP contribution in [0, 0.1) is 0 Å². The molecule has 3 N–H and O–H groups in total.